The van der Waals surface area contributed by atoms with Crippen LogP contribution in [0.1, 0.15) is 23.6 Å². The van der Waals surface area contributed by atoms with Crippen molar-refractivity contribution in [1.29, 1.82) is 0 Å². The van der Waals surface area contributed by atoms with Gasteiger partial charge < -0.3 is 46.6 Å². The molecule has 8 heterocycles. The highest BCUT2D eigenvalue weighted by Crippen LogP contribution is 2.31. The van der Waals surface area contributed by atoms with E-state index in [4.69, 9.17) is 71.8 Å². The summed E-state index contributed by atoms with van der Waals surface area (Å²) in [4.78, 5) is 90.3. The number of benzene rings is 4. The Bertz CT molecular complexity index is 4900. The predicted octanol–water partition coefficient (Wildman–Crippen LogP) is 6.83. The molecule has 0 atom stereocenters. The maximum absolute atomic E-state index is 13.2. The molecule has 0 fully saturated rings. The molecule has 12 aromatic rings. The number of nitrogens with one attached hydrogen (secondary N) is 2. The van der Waals surface area contributed by atoms with Crippen LogP contribution in [0.3, 0.4) is 0 Å². The number of aromatic amines is 2. The van der Waals surface area contributed by atoms with Crippen molar-refractivity contribution in [1.82, 2.24) is 74.0 Å². The number of ether oxygens (including phenoxy) is 4. The van der Waals surface area contributed by atoms with Crippen LogP contribution in [-0.2, 0) is 26.2 Å². The molecule has 91 heavy (non-hydrogen) atoms. The predicted molar refractivity (Wildman–Crippen MR) is 318 cm³/mol. The zero-order valence-corrected chi connectivity index (χ0v) is 49.7. The molecule has 0 saturated carbocycles. The van der Waals surface area contributed by atoms with Gasteiger partial charge in [0.15, 0.2) is 0 Å². The van der Waals surface area contributed by atoms with E-state index >= 15 is 0 Å². The topological polar surface area (TPSA) is 359 Å². The Labute approximate surface area is 522 Å². The van der Waals surface area contributed by atoms with Crippen LogP contribution >= 0.6 is 34.8 Å². The highest BCUT2D eigenvalue weighted by atomic mass is 35.5. The number of nitrogens with zero attached hydrogens (tertiary/aromatic N) is 13. The van der Waals surface area contributed by atoms with E-state index in [-0.39, 0.29) is 82.0 Å². The van der Waals surface area contributed by atoms with Crippen molar-refractivity contribution in [3.63, 3.8) is 0 Å². The van der Waals surface area contributed by atoms with Crippen LogP contribution in [0.15, 0.2) is 181 Å². The summed E-state index contributed by atoms with van der Waals surface area (Å²) in [6.45, 7) is -0.348. The van der Waals surface area contributed by atoms with Crippen molar-refractivity contribution in [3.05, 3.63) is 247 Å². The van der Waals surface area contributed by atoms with E-state index in [9.17, 15) is 37.5 Å². The Morgan fingerprint density at radius 1 is 0.505 bits per heavy atom. The van der Waals surface area contributed by atoms with Gasteiger partial charge in [-0.15, -0.1) is 0 Å². The van der Waals surface area contributed by atoms with Gasteiger partial charge in [-0.3, -0.25) is 28.7 Å². The Balaban J connectivity index is 0.000000144. The molecular formula is C57H44Cl3F2N15O14. The lowest BCUT2D eigenvalue weighted by Crippen LogP contribution is -2.36. The standard InChI is InChI=1S/C15H11Cl2N3O3.C14H11ClN4O3.2C14H11FN4O4/c1-22-11-5-3-2-4-9(11)14-18-12(23-19-14)8-20-7-6-10(16)13(17)15(20)21;1-21-11-5-3-2-4-10(11)14-17-12(22-18-14)8-19-13(20)6-9(15)7-16-19;1-22-10-5-3-2-4-8(10)12-16-11(23-18-12)7-19-6-9(15)13(20)17-14(19)21;1-22-10-5-3-2-4-8(10)12-17-11(23-18-12)7-19-13(20)9(15)6-16-14(19)21/h2-7H,8H2,1H3;2-7H,8H2,1H3;2-6H,7H2,1H3,(H,17,20,21);2-6H,7H2,1H3,(H,16,21). The lowest BCUT2D eigenvalue weighted by Gasteiger charge is -2.04. The molecule has 0 aliphatic heterocycles. The quantitative estimate of drug-likeness (QED) is 0.100. The van der Waals surface area contributed by atoms with Gasteiger partial charge >= 0.3 is 11.4 Å². The molecule has 0 aliphatic rings. The summed E-state index contributed by atoms with van der Waals surface area (Å²) < 4.78 is 71.9. The highest BCUT2D eigenvalue weighted by molar-refractivity contribution is 6.41. The summed E-state index contributed by atoms with van der Waals surface area (Å²) in [6.07, 6.45) is 4.38. The minimum Gasteiger partial charge on any atom is -0.496 e. The van der Waals surface area contributed by atoms with Crippen LogP contribution in [0.2, 0.25) is 15.1 Å². The van der Waals surface area contributed by atoms with E-state index in [1.165, 1.54) is 48.0 Å². The van der Waals surface area contributed by atoms with E-state index in [0.29, 0.717) is 67.7 Å². The molecule has 8 aromatic heterocycles. The van der Waals surface area contributed by atoms with Gasteiger partial charge in [-0.1, -0.05) is 104 Å². The molecule has 0 saturated heterocycles. The zero-order valence-electron chi connectivity index (χ0n) is 47.4. The first-order valence-corrected chi connectivity index (χ1v) is 27.2. The Hall–Kier alpha value is -11.4. The van der Waals surface area contributed by atoms with Gasteiger partial charge in [-0.2, -0.15) is 33.8 Å². The number of rotatable bonds is 16. The van der Waals surface area contributed by atoms with Crippen LogP contribution < -0.4 is 52.6 Å². The Morgan fingerprint density at radius 2 is 0.923 bits per heavy atom. The van der Waals surface area contributed by atoms with E-state index in [0.717, 1.165) is 10.8 Å². The molecule has 0 aliphatic carbocycles. The second-order valence-electron chi connectivity index (χ2n) is 18.1. The van der Waals surface area contributed by atoms with Crippen molar-refractivity contribution in [2.45, 2.75) is 26.2 Å². The normalized spacial score (nSPS) is 10.7. The maximum atomic E-state index is 13.2. The van der Waals surface area contributed by atoms with Crippen molar-refractivity contribution >= 4 is 34.8 Å². The number of methoxy groups -OCH3 is 4. The lowest BCUT2D eigenvalue weighted by molar-refractivity contribution is 0.362. The molecule has 29 nitrogen and oxygen atoms in total. The van der Waals surface area contributed by atoms with Crippen LogP contribution in [-0.4, -0.2) is 102 Å². The van der Waals surface area contributed by atoms with Crippen molar-refractivity contribution in [2.75, 3.05) is 28.4 Å². The number of para-hydroxylation sites is 4. The zero-order chi connectivity index (χ0) is 64.7. The summed E-state index contributed by atoms with van der Waals surface area (Å²) in [5, 5.41) is 19.8. The second kappa shape index (κ2) is 29.5. The number of H-pyrrole nitrogens is 2. The van der Waals surface area contributed by atoms with Crippen LogP contribution in [0.25, 0.3) is 45.6 Å². The van der Waals surface area contributed by atoms with E-state index < -0.39 is 39.7 Å². The fourth-order valence-corrected chi connectivity index (χ4v) is 8.44. The fraction of sp³-hybridized carbons (Fsp3) is 0.140. The molecule has 0 amide bonds. The third kappa shape index (κ3) is 15.6. The van der Waals surface area contributed by atoms with Crippen molar-refractivity contribution in [3.8, 4) is 68.5 Å². The first-order chi connectivity index (χ1) is 43.9. The van der Waals surface area contributed by atoms with Gasteiger partial charge in [0, 0.05) is 18.5 Å². The maximum Gasteiger partial charge on any atom is 0.328 e. The molecule has 4 aromatic carbocycles. The summed E-state index contributed by atoms with van der Waals surface area (Å²) in [6, 6.07) is 31.5. The minimum atomic E-state index is -1.08. The Kier molecular flexibility index (Phi) is 20.8. The van der Waals surface area contributed by atoms with Gasteiger partial charge in [0.05, 0.1) is 73.1 Å². The van der Waals surface area contributed by atoms with Crippen LogP contribution in [0.4, 0.5) is 8.78 Å². The first-order valence-electron chi connectivity index (χ1n) is 26.0. The SMILES string of the molecule is COc1ccccc1-c1noc(Cn2c(=O)[nH]cc(F)c2=O)n1.COc1ccccc1-c1noc(Cn2cc(F)c(=O)[nH]c2=O)n1.COc1ccccc1-c1noc(Cn2ccc(Cl)c(Cl)c2=O)n1.COc1ccccc1-c1noc(Cn2ncc(Cl)cc2=O)n1. The average Bonchev–Trinajstić information content (AvgIpc) is 2.09. The highest BCUT2D eigenvalue weighted by Gasteiger charge is 2.20. The van der Waals surface area contributed by atoms with Crippen molar-refractivity contribution in [2.24, 2.45) is 0 Å². The van der Waals surface area contributed by atoms with E-state index in [1.54, 1.807) is 74.9 Å². The largest absolute Gasteiger partial charge is 0.496 e. The molecule has 0 spiro atoms. The lowest BCUT2D eigenvalue weighted by atomic mass is 10.2. The number of hydrogen-bond acceptors (Lipinski definition) is 23. The second-order valence-corrected chi connectivity index (χ2v) is 19.3. The van der Waals surface area contributed by atoms with E-state index in [1.807, 2.05) is 41.4 Å². The minimum absolute atomic E-state index is 0.0101. The van der Waals surface area contributed by atoms with Gasteiger partial charge in [0.2, 0.25) is 58.5 Å². The number of pyridine rings is 1. The summed E-state index contributed by atoms with van der Waals surface area (Å²) in [5.41, 5.74) is -1.83. The first kappa shape index (κ1) is 64.0. The molecule has 34 heteroatoms. The Morgan fingerprint density at radius 3 is 1.36 bits per heavy atom. The van der Waals surface area contributed by atoms with Crippen molar-refractivity contribution < 1.29 is 45.8 Å². The average molecular weight is 1310 g/mol. The monoisotopic (exact) mass is 1310 g/mol. The number of aromatic nitrogens is 15. The molecular weight excluding hydrogens is 1260 g/mol. The van der Waals surface area contributed by atoms with Crippen LogP contribution in [0, 0.1) is 11.6 Å². The molecule has 466 valence electrons. The van der Waals surface area contributed by atoms with Gasteiger partial charge in [-0.05, 0) is 54.6 Å². The summed E-state index contributed by atoms with van der Waals surface area (Å²) in [7, 11) is 6.15. The smallest absolute Gasteiger partial charge is 0.328 e. The summed E-state index contributed by atoms with van der Waals surface area (Å²) in [5.74, 6) is 2.10. The van der Waals surface area contributed by atoms with Gasteiger partial charge in [0.25, 0.3) is 22.2 Å². The molecule has 12 rings (SSSR count). The van der Waals surface area contributed by atoms with Gasteiger partial charge in [-0.25, -0.2) is 18.8 Å². The number of halogens is 5. The number of hydrogen-bond donors (Lipinski definition) is 2. The molecule has 0 radical (unpaired) electrons. The fourth-order valence-electron chi connectivity index (χ4n) is 8.00. The third-order valence-corrected chi connectivity index (χ3v) is 13.3. The third-order valence-electron chi connectivity index (χ3n) is 12.3. The molecule has 2 N–H and O–H groups in total. The molecule has 0 bridgehead atoms. The van der Waals surface area contributed by atoms with Crippen LogP contribution in [0.5, 0.6) is 23.0 Å². The van der Waals surface area contributed by atoms with Gasteiger partial charge in [0.1, 0.15) is 54.2 Å². The summed E-state index contributed by atoms with van der Waals surface area (Å²) >= 11 is 17.3. The molecule has 0 unspecified atom stereocenters. The van der Waals surface area contributed by atoms with E-state index in [2.05, 4.69) is 50.6 Å².